The molecule has 0 saturated carbocycles. The highest BCUT2D eigenvalue weighted by molar-refractivity contribution is 14.1. The van der Waals surface area contributed by atoms with Crippen molar-refractivity contribution in [2.75, 3.05) is 3.53 Å². The van der Waals surface area contributed by atoms with E-state index in [-0.39, 0.29) is 0 Å². The van der Waals surface area contributed by atoms with Gasteiger partial charge in [0, 0.05) is 10.2 Å². The topological polar surface area (TPSA) is 12.0 Å². The Hall–Kier alpha value is 0.230. The molecule has 0 heterocycles. The molecular weight excluding hydrogens is 293 g/mol. The van der Waals surface area contributed by atoms with Crippen molar-refractivity contribution in [3.8, 4) is 0 Å². The molecule has 0 saturated heterocycles. The lowest BCUT2D eigenvalue weighted by Gasteiger charge is -1.94. The lowest BCUT2D eigenvalue weighted by Crippen LogP contribution is -1.75. The van der Waals surface area contributed by atoms with E-state index in [4.69, 9.17) is 0 Å². The maximum absolute atomic E-state index is 3.34. The molecule has 0 radical (unpaired) electrons. The molecule has 0 unspecified atom stereocenters. The summed E-state index contributed by atoms with van der Waals surface area (Å²) in [6, 6.07) is 8.02. The molecule has 0 aliphatic carbocycles. The van der Waals surface area contributed by atoms with E-state index in [2.05, 4.69) is 42.3 Å². The van der Waals surface area contributed by atoms with Gasteiger partial charge >= 0.3 is 0 Å². The zero-order valence-electron chi connectivity index (χ0n) is 4.57. The first kappa shape index (κ1) is 7.34. The highest BCUT2D eigenvalue weighted by Crippen LogP contribution is 2.14. The van der Waals surface area contributed by atoms with Crippen LogP contribution in [-0.4, -0.2) is 0 Å². The quantitative estimate of drug-likeness (QED) is 0.620. The number of rotatable bonds is 1. The van der Waals surface area contributed by atoms with E-state index in [1.165, 1.54) is 0 Å². The minimum atomic E-state index is 1.11. The molecule has 0 amide bonds. The van der Waals surface area contributed by atoms with Gasteiger partial charge in [-0.05, 0) is 24.3 Å². The van der Waals surface area contributed by atoms with Gasteiger partial charge in [-0.3, -0.25) is 0 Å². The molecular formula is C6H5BrIN. The van der Waals surface area contributed by atoms with Gasteiger partial charge in [0.15, 0.2) is 0 Å². The number of nitrogens with one attached hydrogen (secondary N) is 1. The maximum Gasteiger partial charge on any atom is 0.0560 e. The summed E-state index contributed by atoms with van der Waals surface area (Å²) < 4.78 is 4.11. The van der Waals surface area contributed by atoms with E-state index in [0.717, 1.165) is 10.2 Å². The van der Waals surface area contributed by atoms with Crippen LogP contribution in [0.5, 0.6) is 0 Å². The molecule has 0 fully saturated rings. The Morgan fingerprint density at radius 3 is 2.22 bits per heavy atom. The molecule has 0 aliphatic rings. The van der Waals surface area contributed by atoms with Gasteiger partial charge in [-0.15, -0.1) is 0 Å². The van der Waals surface area contributed by atoms with Crippen molar-refractivity contribution in [2.24, 2.45) is 0 Å². The fraction of sp³-hybridized carbons (Fsp3) is 0. The van der Waals surface area contributed by atoms with E-state index in [1.807, 2.05) is 24.3 Å². The van der Waals surface area contributed by atoms with E-state index in [9.17, 15) is 0 Å². The van der Waals surface area contributed by atoms with Crippen LogP contribution in [0.3, 0.4) is 0 Å². The molecule has 1 N–H and O–H groups in total. The van der Waals surface area contributed by atoms with Gasteiger partial charge in [0.05, 0.1) is 22.9 Å². The van der Waals surface area contributed by atoms with Crippen molar-refractivity contribution in [1.29, 1.82) is 0 Å². The number of halogens is 2. The molecule has 0 atom stereocenters. The minimum absolute atomic E-state index is 1.11. The van der Waals surface area contributed by atoms with Crippen molar-refractivity contribution in [2.45, 2.75) is 0 Å². The van der Waals surface area contributed by atoms with E-state index in [0.29, 0.717) is 0 Å². The van der Waals surface area contributed by atoms with E-state index in [1.54, 1.807) is 0 Å². The molecule has 1 aromatic carbocycles. The number of benzene rings is 1. The van der Waals surface area contributed by atoms with Gasteiger partial charge < -0.3 is 3.53 Å². The lowest BCUT2D eigenvalue weighted by molar-refractivity contribution is 1.65. The SMILES string of the molecule is Brc1ccc(NI)cc1. The van der Waals surface area contributed by atoms with Gasteiger partial charge in [0.1, 0.15) is 0 Å². The summed E-state index contributed by atoms with van der Waals surface area (Å²) in [6.45, 7) is 0. The van der Waals surface area contributed by atoms with Crippen LogP contribution in [-0.2, 0) is 0 Å². The summed E-state index contributed by atoms with van der Waals surface area (Å²) in [6.07, 6.45) is 0. The number of hydrogen-bond donors (Lipinski definition) is 1. The molecule has 0 aliphatic heterocycles. The Balaban J connectivity index is 2.88. The lowest BCUT2D eigenvalue weighted by atomic mass is 10.3. The number of anilines is 1. The first-order chi connectivity index (χ1) is 4.33. The Bertz CT molecular complexity index is 185. The van der Waals surface area contributed by atoms with Crippen molar-refractivity contribution >= 4 is 44.5 Å². The summed E-state index contributed by atoms with van der Waals surface area (Å²) in [5.41, 5.74) is 1.12. The van der Waals surface area contributed by atoms with Crippen LogP contribution in [0.25, 0.3) is 0 Å². The third-order valence-corrected chi connectivity index (χ3v) is 2.10. The highest BCUT2D eigenvalue weighted by Gasteiger charge is 1.85. The molecule has 0 aromatic heterocycles. The maximum atomic E-state index is 3.34. The van der Waals surface area contributed by atoms with Crippen LogP contribution in [0.2, 0.25) is 0 Å². The monoisotopic (exact) mass is 297 g/mol. The first-order valence-corrected chi connectivity index (χ1v) is 4.32. The zero-order valence-corrected chi connectivity index (χ0v) is 8.31. The fourth-order valence-corrected chi connectivity index (χ4v) is 1.14. The van der Waals surface area contributed by atoms with Crippen molar-refractivity contribution in [1.82, 2.24) is 0 Å². The second-order valence-electron chi connectivity index (χ2n) is 1.60. The van der Waals surface area contributed by atoms with Crippen LogP contribution in [0.4, 0.5) is 5.69 Å². The Morgan fingerprint density at radius 1 is 1.22 bits per heavy atom. The molecule has 1 rings (SSSR count). The van der Waals surface area contributed by atoms with Crippen molar-refractivity contribution in [3.05, 3.63) is 28.7 Å². The van der Waals surface area contributed by atoms with Gasteiger partial charge in [-0.1, -0.05) is 15.9 Å². The van der Waals surface area contributed by atoms with Crippen LogP contribution in [0, 0.1) is 0 Å². The standard InChI is InChI=1S/C6H5BrIN/c7-5-1-3-6(9-8)4-2-5/h1-4,9H. The Kier molecular flexibility index (Phi) is 2.78. The second kappa shape index (κ2) is 3.41. The summed E-state index contributed by atoms with van der Waals surface area (Å²) in [5.74, 6) is 0. The summed E-state index contributed by atoms with van der Waals surface area (Å²) >= 11 is 5.44. The van der Waals surface area contributed by atoms with Crippen LogP contribution >= 0.6 is 38.8 Å². The average molecular weight is 298 g/mol. The molecule has 0 bridgehead atoms. The van der Waals surface area contributed by atoms with Gasteiger partial charge in [-0.2, -0.15) is 0 Å². The Labute approximate surface area is 76.5 Å². The van der Waals surface area contributed by atoms with Gasteiger partial charge in [0.2, 0.25) is 0 Å². The molecule has 48 valence electrons. The summed E-state index contributed by atoms with van der Waals surface area (Å²) in [7, 11) is 0. The third kappa shape index (κ3) is 2.14. The summed E-state index contributed by atoms with van der Waals surface area (Å²) in [5, 5.41) is 0. The average Bonchev–Trinajstić information content (AvgIpc) is 1.90. The largest absolute Gasteiger partial charge is 0.328 e. The second-order valence-corrected chi connectivity index (χ2v) is 3.06. The first-order valence-electron chi connectivity index (χ1n) is 2.45. The van der Waals surface area contributed by atoms with E-state index >= 15 is 0 Å². The molecule has 9 heavy (non-hydrogen) atoms. The fourth-order valence-electron chi connectivity index (χ4n) is 0.513. The Morgan fingerprint density at radius 2 is 1.78 bits per heavy atom. The zero-order chi connectivity index (χ0) is 6.69. The predicted molar refractivity (Wildman–Crippen MR) is 51.8 cm³/mol. The van der Waals surface area contributed by atoms with Crippen LogP contribution in [0.15, 0.2) is 28.7 Å². The van der Waals surface area contributed by atoms with Crippen LogP contribution in [0.1, 0.15) is 0 Å². The van der Waals surface area contributed by atoms with Gasteiger partial charge in [0.25, 0.3) is 0 Å². The molecule has 1 nitrogen and oxygen atoms in total. The normalized spacial score (nSPS) is 9.11. The number of hydrogen-bond acceptors (Lipinski definition) is 1. The van der Waals surface area contributed by atoms with Crippen molar-refractivity contribution < 1.29 is 0 Å². The third-order valence-electron chi connectivity index (χ3n) is 0.953. The predicted octanol–water partition coefficient (Wildman–Crippen LogP) is 3.21. The molecule has 3 heteroatoms. The highest BCUT2D eigenvalue weighted by atomic mass is 127. The molecule has 0 spiro atoms. The molecule has 1 aromatic rings. The van der Waals surface area contributed by atoms with E-state index < -0.39 is 0 Å². The smallest absolute Gasteiger partial charge is 0.0560 e. The van der Waals surface area contributed by atoms with Gasteiger partial charge in [-0.25, -0.2) is 0 Å². The van der Waals surface area contributed by atoms with Crippen LogP contribution < -0.4 is 3.53 Å². The van der Waals surface area contributed by atoms with Crippen molar-refractivity contribution in [3.63, 3.8) is 0 Å². The minimum Gasteiger partial charge on any atom is -0.328 e. The summed E-state index contributed by atoms with van der Waals surface area (Å²) in [4.78, 5) is 0.